The summed E-state index contributed by atoms with van der Waals surface area (Å²) in [5.74, 6) is 1.63. The Kier molecular flexibility index (Phi) is 5.76. The molecule has 1 radical (unpaired) electrons. The van der Waals surface area contributed by atoms with Gasteiger partial charge in [-0.25, -0.2) is 0 Å². The quantitative estimate of drug-likeness (QED) is 0.548. The van der Waals surface area contributed by atoms with E-state index in [0.717, 1.165) is 11.8 Å². The lowest BCUT2D eigenvalue weighted by molar-refractivity contribution is 0.499. The molecule has 0 aliphatic rings. The van der Waals surface area contributed by atoms with Crippen molar-refractivity contribution in [3.63, 3.8) is 0 Å². The predicted molar refractivity (Wildman–Crippen MR) is 47.8 cm³/mol. The first kappa shape index (κ1) is 10.0. The zero-order valence-electron chi connectivity index (χ0n) is 7.85. The van der Waals surface area contributed by atoms with Gasteiger partial charge in [0.15, 0.2) is 0 Å². The summed E-state index contributed by atoms with van der Waals surface area (Å²) in [4.78, 5) is 0. The van der Waals surface area contributed by atoms with Crippen LogP contribution in [0.5, 0.6) is 0 Å². The minimum absolute atomic E-state index is 0.807. The zero-order chi connectivity index (χ0) is 7.98. The molecule has 0 aliphatic carbocycles. The van der Waals surface area contributed by atoms with Crippen molar-refractivity contribution in [1.82, 2.24) is 0 Å². The SMILES string of the molecule is CCCC(C)[CH]C(C)CC. The highest BCUT2D eigenvalue weighted by atomic mass is 14.1. The van der Waals surface area contributed by atoms with E-state index in [9.17, 15) is 0 Å². The topological polar surface area (TPSA) is 0 Å². The Hall–Kier alpha value is 0. The van der Waals surface area contributed by atoms with E-state index in [-0.39, 0.29) is 0 Å². The molecule has 0 N–H and O–H groups in total. The summed E-state index contributed by atoms with van der Waals surface area (Å²) < 4.78 is 0. The van der Waals surface area contributed by atoms with Gasteiger partial charge < -0.3 is 0 Å². The first-order valence-electron chi connectivity index (χ1n) is 4.55. The summed E-state index contributed by atoms with van der Waals surface area (Å²) in [7, 11) is 0. The molecule has 2 atom stereocenters. The lowest BCUT2D eigenvalue weighted by Crippen LogP contribution is -2.02. The molecule has 0 aromatic rings. The van der Waals surface area contributed by atoms with Crippen molar-refractivity contribution in [2.45, 2.75) is 47.0 Å². The Balaban J connectivity index is 3.27. The van der Waals surface area contributed by atoms with E-state index in [1.54, 1.807) is 0 Å². The predicted octanol–water partition coefficient (Wildman–Crippen LogP) is 3.67. The summed E-state index contributed by atoms with van der Waals surface area (Å²) in [5.41, 5.74) is 0. The minimum atomic E-state index is 0.807. The highest BCUT2D eigenvalue weighted by Crippen LogP contribution is 2.16. The van der Waals surface area contributed by atoms with E-state index in [4.69, 9.17) is 0 Å². The maximum atomic E-state index is 2.48. The molecule has 0 bridgehead atoms. The average Bonchev–Trinajstić information content (AvgIpc) is 1.88. The van der Waals surface area contributed by atoms with Crippen LogP contribution >= 0.6 is 0 Å². The summed E-state index contributed by atoms with van der Waals surface area (Å²) >= 11 is 0. The monoisotopic (exact) mass is 141 g/mol. The second-order valence-electron chi connectivity index (χ2n) is 3.34. The summed E-state index contributed by atoms with van der Waals surface area (Å²) in [6.07, 6.45) is 6.43. The fourth-order valence-corrected chi connectivity index (χ4v) is 1.25. The molecule has 0 fully saturated rings. The van der Waals surface area contributed by atoms with Crippen LogP contribution in [0.1, 0.15) is 47.0 Å². The molecular formula is C10H21. The molecule has 0 aromatic heterocycles. The van der Waals surface area contributed by atoms with Crippen molar-refractivity contribution in [3.05, 3.63) is 6.42 Å². The lowest BCUT2D eigenvalue weighted by atomic mass is 9.92. The van der Waals surface area contributed by atoms with Crippen LogP contribution in [0.15, 0.2) is 0 Å². The van der Waals surface area contributed by atoms with Gasteiger partial charge in [-0.05, 0) is 18.3 Å². The largest absolute Gasteiger partial charge is 0.0654 e. The maximum Gasteiger partial charge on any atom is -0.0329 e. The van der Waals surface area contributed by atoms with E-state index < -0.39 is 0 Å². The van der Waals surface area contributed by atoms with E-state index in [1.165, 1.54) is 19.3 Å². The van der Waals surface area contributed by atoms with Crippen molar-refractivity contribution in [2.75, 3.05) is 0 Å². The molecule has 10 heavy (non-hydrogen) atoms. The molecule has 0 saturated carbocycles. The standard InChI is InChI=1S/C10H21/c1-5-7-10(4)8-9(3)6-2/h8-10H,5-7H2,1-4H3. The third-order valence-electron chi connectivity index (χ3n) is 2.05. The molecule has 0 aliphatic heterocycles. The molecule has 0 spiro atoms. The van der Waals surface area contributed by atoms with Gasteiger partial charge in [0, 0.05) is 0 Å². The molecule has 0 amide bonds. The molecule has 0 heteroatoms. The molecule has 0 saturated heterocycles. The van der Waals surface area contributed by atoms with Gasteiger partial charge in [-0.3, -0.25) is 0 Å². The van der Waals surface area contributed by atoms with Crippen molar-refractivity contribution in [3.8, 4) is 0 Å². The van der Waals surface area contributed by atoms with Crippen LogP contribution < -0.4 is 0 Å². The molecule has 0 rings (SSSR count). The zero-order valence-corrected chi connectivity index (χ0v) is 7.85. The van der Waals surface area contributed by atoms with Crippen LogP contribution in [-0.4, -0.2) is 0 Å². The molecule has 61 valence electrons. The van der Waals surface area contributed by atoms with Gasteiger partial charge in [0.2, 0.25) is 0 Å². The van der Waals surface area contributed by atoms with Gasteiger partial charge in [0.25, 0.3) is 0 Å². The number of rotatable bonds is 5. The first-order valence-corrected chi connectivity index (χ1v) is 4.55. The Bertz CT molecular complexity index is 66.4. The van der Waals surface area contributed by atoms with Crippen molar-refractivity contribution in [2.24, 2.45) is 11.8 Å². The highest BCUT2D eigenvalue weighted by molar-refractivity contribution is 4.77. The Morgan fingerprint density at radius 2 is 1.70 bits per heavy atom. The Morgan fingerprint density at radius 3 is 2.10 bits per heavy atom. The van der Waals surface area contributed by atoms with Crippen LogP contribution in [0.3, 0.4) is 0 Å². The number of hydrogen-bond donors (Lipinski definition) is 0. The van der Waals surface area contributed by atoms with Gasteiger partial charge in [-0.1, -0.05) is 47.0 Å². The van der Waals surface area contributed by atoms with Gasteiger partial charge >= 0.3 is 0 Å². The normalized spacial score (nSPS) is 16.8. The summed E-state index contributed by atoms with van der Waals surface area (Å²) in [5, 5.41) is 0. The van der Waals surface area contributed by atoms with E-state index in [0.29, 0.717) is 0 Å². The average molecular weight is 141 g/mol. The lowest BCUT2D eigenvalue weighted by Gasteiger charge is -2.13. The third-order valence-corrected chi connectivity index (χ3v) is 2.05. The van der Waals surface area contributed by atoms with Gasteiger partial charge in [-0.2, -0.15) is 0 Å². The minimum Gasteiger partial charge on any atom is -0.0654 e. The van der Waals surface area contributed by atoms with Crippen LogP contribution in [0.25, 0.3) is 0 Å². The summed E-state index contributed by atoms with van der Waals surface area (Å²) in [6, 6.07) is 0. The molecule has 0 nitrogen and oxygen atoms in total. The second kappa shape index (κ2) is 5.76. The fourth-order valence-electron chi connectivity index (χ4n) is 1.25. The van der Waals surface area contributed by atoms with E-state index >= 15 is 0 Å². The molecule has 0 heterocycles. The van der Waals surface area contributed by atoms with Gasteiger partial charge in [-0.15, -0.1) is 0 Å². The van der Waals surface area contributed by atoms with E-state index in [1.807, 2.05) is 0 Å². The summed E-state index contributed by atoms with van der Waals surface area (Å²) in [6.45, 7) is 9.11. The highest BCUT2D eigenvalue weighted by Gasteiger charge is 2.05. The van der Waals surface area contributed by atoms with Crippen molar-refractivity contribution >= 4 is 0 Å². The van der Waals surface area contributed by atoms with Crippen LogP contribution in [0.4, 0.5) is 0 Å². The Morgan fingerprint density at radius 1 is 1.10 bits per heavy atom. The third kappa shape index (κ3) is 4.84. The second-order valence-corrected chi connectivity index (χ2v) is 3.34. The maximum absolute atomic E-state index is 2.48. The van der Waals surface area contributed by atoms with Crippen LogP contribution in [0.2, 0.25) is 0 Å². The van der Waals surface area contributed by atoms with E-state index in [2.05, 4.69) is 34.1 Å². The number of hydrogen-bond acceptors (Lipinski definition) is 0. The van der Waals surface area contributed by atoms with Crippen molar-refractivity contribution in [1.29, 1.82) is 0 Å². The van der Waals surface area contributed by atoms with Crippen LogP contribution in [0, 0.1) is 18.3 Å². The fraction of sp³-hybridized carbons (Fsp3) is 0.900. The van der Waals surface area contributed by atoms with Crippen LogP contribution in [-0.2, 0) is 0 Å². The van der Waals surface area contributed by atoms with Gasteiger partial charge in [0.05, 0.1) is 0 Å². The molecular weight excluding hydrogens is 120 g/mol. The Labute approximate surface area is 66.0 Å². The molecule has 2 unspecified atom stereocenters. The van der Waals surface area contributed by atoms with Gasteiger partial charge in [0.1, 0.15) is 0 Å². The van der Waals surface area contributed by atoms with Crippen molar-refractivity contribution < 1.29 is 0 Å². The molecule has 0 aromatic carbocycles. The smallest absolute Gasteiger partial charge is 0.0329 e. The first-order chi connectivity index (χ1) is 4.70.